The van der Waals surface area contributed by atoms with Crippen LogP contribution in [-0.2, 0) is 12.8 Å². The van der Waals surface area contributed by atoms with Gasteiger partial charge < -0.3 is 9.84 Å². The highest BCUT2D eigenvalue weighted by atomic mass is 16.5. The van der Waals surface area contributed by atoms with Crippen molar-refractivity contribution in [1.82, 2.24) is 10.5 Å². The van der Waals surface area contributed by atoms with Gasteiger partial charge in [-0.05, 0) is 19.4 Å². The summed E-state index contributed by atoms with van der Waals surface area (Å²) in [5.74, 6) is 1.69. The largest absolute Gasteiger partial charge is 0.361 e. The number of hydrogen-bond donors (Lipinski definition) is 1. The molecule has 3 nitrogen and oxygen atoms in total. The average Bonchev–Trinajstić information content (AvgIpc) is 2.48. The SMILES string of the molecule is CNCCc1oncc1CC(C)C. The maximum atomic E-state index is 5.18. The minimum Gasteiger partial charge on any atom is -0.361 e. The molecule has 0 atom stereocenters. The minimum absolute atomic E-state index is 0.660. The predicted molar refractivity (Wildman–Crippen MR) is 52.7 cm³/mol. The molecule has 0 aliphatic heterocycles. The first-order valence-electron chi connectivity index (χ1n) is 4.81. The van der Waals surface area contributed by atoms with Gasteiger partial charge in [-0.2, -0.15) is 0 Å². The van der Waals surface area contributed by atoms with Gasteiger partial charge in [0.1, 0.15) is 5.76 Å². The summed E-state index contributed by atoms with van der Waals surface area (Å²) in [6.45, 7) is 5.35. The molecule has 0 amide bonds. The summed E-state index contributed by atoms with van der Waals surface area (Å²) < 4.78 is 5.18. The Morgan fingerprint density at radius 1 is 1.54 bits per heavy atom. The summed E-state index contributed by atoms with van der Waals surface area (Å²) in [5, 5.41) is 6.92. The molecule has 0 saturated heterocycles. The molecular formula is C10H18N2O. The lowest BCUT2D eigenvalue weighted by Crippen LogP contribution is -2.11. The molecule has 0 spiro atoms. The zero-order valence-electron chi connectivity index (χ0n) is 8.63. The minimum atomic E-state index is 0.660. The Kier molecular flexibility index (Phi) is 3.96. The summed E-state index contributed by atoms with van der Waals surface area (Å²) in [6, 6.07) is 0. The van der Waals surface area contributed by atoms with Crippen molar-refractivity contribution < 1.29 is 4.52 Å². The summed E-state index contributed by atoms with van der Waals surface area (Å²) in [4.78, 5) is 0. The molecule has 74 valence electrons. The Morgan fingerprint density at radius 2 is 2.31 bits per heavy atom. The lowest BCUT2D eigenvalue weighted by molar-refractivity contribution is 0.379. The van der Waals surface area contributed by atoms with Crippen LogP contribution in [0.1, 0.15) is 25.2 Å². The topological polar surface area (TPSA) is 38.1 Å². The van der Waals surface area contributed by atoms with Gasteiger partial charge in [0.25, 0.3) is 0 Å². The van der Waals surface area contributed by atoms with Gasteiger partial charge in [-0.25, -0.2) is 0 Å². The van der Waals surface area contributed by atoms with E-state index in [-0.39, 0.29) is 0 Å². The Hall–Kier alpha value is -0.830. The number of hydrogen-bond acceptors (Lipinski definition) is 3. The van der Waals surface area contributed by atoms with Crippen LogP contribution in [-0.4, -0.2) is 18.7 Å². The van der Waals surface area contributed by atoms with Crippen molar-refractivity contribution in [2.75, 3.05) is 13.6 Å². The van der Waals surface area contributed by atoms with Crippen LogP contribution in [0.15, 0.2) is 10.7 Å². The van der Waals surface area contributed by atoms with Crippen molar-refractivity contribution in [2.45, 2.75) is 26.7 Å². The molecular weight excluding hydrogens is 164 g/mol. The molecule has 0 bridgehead atoms. The Labute approximate surface area is 79.5 Å². The third kappa shape index (κ3) is 3.19. The second-order valence-corrected chi connectivity index (χ2v) is 3.73. The molecule has 1 aromatic rings. The highest BCUT2D eigenvalue weighted by Crippen LogP contribution is 2.13. The Bertz CT molecular complexity index is 243. The van der Waals surface area contributed by atoms with Gasteiger partial charge in [-0.1, -0.05) is 19.0 Å². The van der Waals surface area contributed by atoms with Crippen molar-refractivity contribution in [3.63, 3.8) is 0 Å². The number of aromatic nitrogens is 1. The molecule has 0 aliphatic rings. The van der Waals surface area contributed by atoms with E-state index in [1.807, 2.05) is 13.2 Å². The fourth-order valence-electron chi connectivity index (χ4n) is 1.34. The first-order valence-corrected chi connectivity index (χ1v) is 4.81. The molecule has 0 radical (unpaired) electrons. The zero-order valence-corrected chi connectivity index (χ0v) is 8.63. The molecule has 0 aliphatic carbocycles. The smallest absolute Gasteiger partial charge is 0.141 e. The van der Waals surface area contributed by atoms with Crippen LogP contribution in [0.5, 0.6) is 0 Å². The van der Waals surface area contributed by atoms with E-state index in [0.717, 1.165) is 25.1 Å². The number of rotatable bonds is 5. The number of nitrogens with one attached hydrogen (secondary N) is 1. The fraction of sp³-hybridized carbons (Fsp3) is 0.700. The average molecular weight is 182 g/mol. The van der Waals surface area contributed by atoms with E-state index < -0.39 is 0 Å². The third-order valence-electron chi connectivity index (χ3n) is 1.96. The Balaban J connectivity index is 2.55. The molecule has 3 heteroatoms. The maximum absolute atomic E-state index is 5.18. The van der Waals surface area contributed by atoms with Gasteiger partial charge in [0.2, 0.25) is 0 Å². The lowest BCUT2D eigenvalue weighted by atomic mass is 10.0. The van der Waals surface area contributed by atoms with Crippen molar-refractivity contribution in [3.8, 4) is 0 Å². The summed E-state index contributed by atoms with van der Waals surface area (Å²) in [5.41, 5.74) is 1.25. The van der Waals surface area contributed by atoms with Gasteiger partial charge in [-0.15, -0.1) is 0 Å². The highest BCUT2D eigenvalue weighted by molar-refractivity contribution is 5.14. The molecule has 0 aromatic carbocycles. The molecule has 13 heavy (non-hydrogen) atoms. The zero-order chi connectivity index (χ0) is 9.68. The van der Waals surface area contributed by atoms with E-state index in [1.165, 1.54) is 5.56 Å². The third-order valence-corrected chi connectivity index (χ3v) is 1.96. The van der Waals surface area contributed by atoms with Crippen molar-refractivity contribution in [3.05, 3.63) is 17.5 Å². The maximum Gasteiger partial charge on any atom is 0.141 e. The summed E-state index contributed by atoms with van der Waals surface area (Å²) in [7, 11) is 1.94. The van der Waals surface area contributed by atoms with Gasteiger partial charge in [-0.3, -0.25) is 0 Å². The molecule has 0 unspecified atom stereocenters. The van der Waals surface area contributed by atoms with Crippen molar-refractivity contribution >= 4 is 0 Å². The van der Waals surface area contributed by atoms with Crippen LogP contribution in [0.4, 0.5) is 0 Å². The lowest BCUT2D eigenvalue weighted by Gasteiger charge is -2.03. The predicted octanol–water partition coefficient (Wildman–Crippen LogP) is 1.63. The van der Waals surface area contributed by atoms with E-state index >= 15 is 0 Å². The second-order valence-electron chi connectivity index (χ2n) is 3.73. The normalized spacial score (nSPS) is 11.1. The van der Waals surface area contributed by atoms with Gasteiger partial charge in [0, 0.05) is 18.5 Å². The van der Waals surface area contributed by atoms with Crippen molar-refractivity contribution in [2.24, 2.45) is 5.92 Å². The molecule has 0 fully saturated rings. The fourth-order valence-corrected chi connectivity index (χ4v) is 1.34. The van der Waals surface area contributed by atoms with E-state index in [4.69, 9.17) is 4.52 Å². The van der Waals surface area contributed by atoms with Crippen LogP contribution in [0.25, 0.3) is 0 Å². The van der Waals surface area contributed by atoms with Gasteiger partial charge in [0.15, 0.2) is 0 Å². The van der Waals surface area contributed by atoms with Crippen LogP contribution in [0.2, 0.25) is 0 Å². The Morgan fingerprint density at radius 3 is 2.92 bits per heavy atom. The quantitative estimate of drug-likeness (QED) is 0.752. The number of nitrogens with zero attached hydrogens (tertiary/aromatic N) is 1. The summed E-state index contributed by atoms with van der Waals surface area (Å²) >= 11 is 0. The first kappa shape index (κ1) is 10.3. The molecule has 1 rings (SSSR count). The first-order chi connectivity index (χ1) is 6.24. The van der Waals surface area contributed by atoms with Crippen LogP contribution in [0, 0.1) is 5.92 Å². The van der Waals surface area contributed by atoms with Crippen LogP contribution in [0.3, 0.4) is 0 Å². The van der Waals surface area contributed by atoms with Gasteiger partial charge >= 0.3 is 0 Å². The molecule has 1 N–H and O–H groups in total. The van der Waals surface area contributed by atoms with Crippen LogP contribution >= 0.6 is 0 Å². The van der Waals surface area contributed by atoms with E-state index in [9.17, 15) is 0 Å². The second kappa shape index (κ2) is 5.02. The summed E-state index contributed by atoms with van der Waals surface area (Å²) in [6.07, 6.45) is 3.83. The van der Waals surface area contributed by atoms with Crippen molar-refractivity contribution in [1.29, 1.82) is 0 Å². The van der Waals surface area contributed by atoms with Crippen LogP contribution < -0.4 is 5.32 Å². The van der Waals surface area contributed by atoms with Gasteiger partial charge in [0.05, 0.1) is 6.20 Å². The highest BCUT2D eigenvalue weighted by Gasteiger charge is 2.08. The van der Waals surface area contributed by atoms with E-state index in [1.54, 1.807) is 0 Å². The molecule has 0 saturated carbocycles. The van der Waals surface area contributed by atoms with E-state index in [2.05, 4.69) is 24.3 Å². The molecule has 1 heterocycles. The number of likely N-dealkylation sites (N-methyl/N-ethyl adjacent to an activating group) is 1. The monoisotopic (exact) mass is 182 g/mol. The van der Waals surface area contributed by atoms with E-state index in [0.29, 0.717) is 5.92 Å². The standard InChI is InChI=1S/C10H18N2O/c1-8(2)6-9-7-12-13-10(9)4-5-11-3/h7-8,11H,4-6H2,1-3H3. The molecule has 1 aromatic heterocycles.